The topological polar surface area (TPSA) is 84.9 Å². The average molecular weight is 422 g/mol. The van der Waals surface area contributed by atoms with Gasteiger partial charge in [-0.15, -0.1) is 0 Å². The summed E-state index contributed by atoms with van der Waals surface area (Å²) >= 11 is 0. The third-order valence-electron chi connectivity index (χ3n) is 6.37. The van der Waals surface area contributed by atoms with E-state index in [2.05, 4.69) is 9.97 Å². The van der Waals surface area contributed by atoms with Crippen molar-refractivity contribution in [3.05, 3.63) is 47.8 Å². The number of likely N-dealkylation sites (tertiary alicyclic amines) is 2. The van der Waals surface area contributed by atoms with Crippen LogP contribution in [0.5, 0.6) is 11.8 Å². The molecule has 31 heavy (non-hydrogen) atoms. The molecule has 2 amide bonds. The Morgan fingerprint density at radius 3 is 2.71 bits per heavy atom. The van der Waals surface area contributed by atoms with Gasteiger partial charge in [0.1, 0.15) is 12.4 Å². The van der Waals surface area contributed by atoms with Crippen molar-refractivity contribution in [2.24, 2.45) is 5.92 Å². The number of ether oxygens (including phenoxy) is 2. The zero-order valence-electron chi connectivity index (χ0n) is 17.6. The van der Waals surface area contributed by atoms with Crippen LogP contribution in [0.25, 0.3) is 0 Å². The molecule has 1 aromatic carbocycles. The normalized spacial score (nSPS) is 23.8. The van der Waals surface area contributed by atoms with Crippen LogP contribution in [0.4, 0.5) is 4.79 Å². The fourth-order valence-electron chi connectivity index (χ4n) is 4.59. The summed E-state index contributed by atoms with van der Waals surface area (Å²) in [7, 11) is 0. The molecule has 2 aromatic rings. The van der Waals surface area contributed by atoms with Crippen molar-refractivity contribution < 1.29 is 19.1 Å². The number of nitrogens with zero attached hydrogens (tertiary/aromatic N) is 4. The van der Waals surface area contributed by atoms with Gasteiger partial charge in [-0.25, -0.2) is 14.8 Å². The summed E-state index contributed by atoms with van der Waals surface area (Å²) in [5.74, 6) is 1.29. The molecule has 0 N–H and O–H groups in total. The molecule has 0 bridgehead atoms. The molecule has 3 saturated heterocycles. The Bertz CT molecular complexity index is 974. The minimum atomic E-state index is 0.0734. The fraction of sp³-hybridized carbons (Fsp3) is 0.478. The quantitative estimate of drug-likeness (QED) is 0.756. The van der Waals surface area contributed by atoms with Crippen LogP contribution in [0.15, 0.2) is 36.5 Å². The number of amides is 2. The molecule has 0 spiro atoms. The Kier molecular flexibility index (Phi) is 5.31. The van der Waals surface area contributed by atoms with Gasteiger partial charge in [0.05, 0.1) is 6.10 Å². The second-order valence-electron chi connectivity index (χ2n) is 8.62. The summed E-state index contributed by atoms with van der Waals surface area (Å²) < 4.78 is 11.3. The molecular weight excluding hydrogens is 396 g/mol. The van der Waals surface area contributed by atoms with Crippen LogP contribution in [0.2, 0.25) is 0 Å². The summed E-state index contributed by atoms with van der Waals surface area (Å²) in [5.41, 5.74) is 2.04. The largest absolute Gasteiger partial charge is 0.424 e. The first-order valence-corrected chi connectivity index (χ1v) is 10.8. The van der Waals surface area contributed by atoms with Gasteiger partial charge in [0.2, 0.25) is 0 Å². The molecule has 8 nitrogen and oxygen atoms in total. The van der Waals surface area contributed by atoms with E-state index in [4.69, 9.17) is 9.47 Å². The number of aromatic nitrogens is 2. The van der Waals surface area contributed by atoms with Crippen LogP contribution in [0, 0.1) is 12.8 Å². The van der Waals surface area contributed by atoms with Gasteiger partial charge in [-0.05, 0) is 37.1 Å². The number of piperidine rings is 1. The minimum Gasteiger partial charge on any atom is -0.424 e. The van der Waals surface area contributed by atoms with Crippen molar-refractivity contribution in [2.75, 3.05) is 32.8 Å². The number of ketones is 1. The smallest absolute Gasteiger partial charge is 0.322 e. The number of benzene rings is 1. The predicted octanol–water partition coefficient (Wildman–Crippen LogP) is 2.78. The molecule has 0 aliphatic carbocycles. The lowest BCUT2D eigenvalue weighted by Gasteiger charge is -2.46. The van der Waals surface area contributed by atoms with E-state index in [1.165, 1.54) is 5.56 Å². The molecular formula is C23H26N4O4. The number of rotatable bonds is 3. The van der Waals surface area contributed by atoms with Gasteiger partial charge in [-0.2, -0.15) is 0 Å². The van der Waals surface area contributed by atoms with E-state index < -0.39 is 0 Å². The summed E-state index contributed by atoms with van der Waals surface area (Å²) in [6.45, 7) is 4.85. The molecule has 162 valence electrons. The van der Waals surface area contributed by atoms with Crippen molar-refractivity contribution in [3.63, 3.8) is 0 Å². The zero-order chi connectivity index (χ0) is 21.4. The number of Topliss-reactive ketones (excluding diaryl/α,β-unsaturated/α-hetero) is 1. The first-order valence-electron chi connectivity index (χ1n) is 10.8. The van der Waals surface area contributed by atoms with Crippen LogP contribution >= 0.6 is 0 Å². The highest BCUT2D eigenvalue weighted by Gasteiger charge is 2.40. The first-order chi connectivity index (χ1) is 15.0. The van der Waals surface area contributed by atoms with E-state index in [0.717, 1.165) is 12.1 Å². The molecule has 0 unspecified atom stereocenters. The first kappa shape index (κ1) is 19.9. The Morgan fingerprint density at radius 1 is 1.13 bits per heavy atom. The van der Waals surface area contributed by atoms with Gasteiger partial charge < -0.3 is 19.3 Å². The molecule has 2 atom stereocenters. The van der Waals surface area contributed by atoms with Gasteiger partial charge >= 0.3 is 12.0 Å². The van der Waals surface area contributed by atoms with Crippen molar-refractivity contribution in [3.8, 4) is 11.8 Å². The highest BCUT2D eigenvalue weighted by Crippen LogP contribution is 2.32. The van der Waals surface area contributed by atoms with E-state index >= 15 is 0 Å². The molecule has 3 fully saturated rings. The Labute approximate surface area is 181 Å². The summed E-state index contributed by atoms with van der Waals surface area (Å²) in [5, 5.41) is 0. The molecule has 3 aliphatic heterocycles. The van der Waals surface area contributed by atoms with E-state index in [-0.39, 0.29) is 30.4 Å². The number of fused-ring (bicyclic) bond motifs is 1. The maximum Gasteiger partial charge on any atom is 0.322 e. The van der Waals surface area contributed by atoms with E-state index in [0.29, 0.717) is 50.3 Å². The lowest BCUT2D eigenvalue weighted by atomic mass is 9.87. The molecule has 0 radical (unpaired) electrons. The lowest BCUT2D eigenvalue weighted by molar-refractivity contribution is -0.140. The molecule has 8 heteroatoms. The van der Waals surface area contributed by atoms with Crippen molar-refractivity contribution >= 4 is 11.8 Å². The fourth-order valence-corrected chi connectivity index (χ4v) is 4.59. The van der Waals surface area contributed by atoms with Crippen molar-refractivity contribution in [2.45, 2.75) is 31.8 Å². The third-order valence-corrected chi connectivity index (χ3v) is 6.37. The minimum absolute atomic E-state index is 0.0734. The highest BCUT2D eigenvalue weighted by atomic mass is 16.5. The van der Waals surface area contributed by atoms with Gasteiger partial charge in [-0.3, -0.25) is 4.79 Å². The number of hydrogen-bond acceptors (Lipinski definition) is 6. The SMILES string of the molecule is Cc1ccnc(Oc2ccc(C3CN(C(=O)N4CC[C@@H]5OCC(=O)C[C@@H]5C4)C3)cc2)n1. The van der Waals surface area contributed by atoms with Crippen LogP contribution in [-0.2, 0) is 9.53 Å². The van der Waals surface area contributed by atoms with Crippen LogP contribution in [0.1, 0.15) is 30.0 Å². The van der Waals surface area contributed by atoms with E-state index in [9.17, 15) is 9.59 Å². The van der Waals surface area contributed by atoms with Gasteiger partial charge in [0.15, 0.2) is 5.78 Å². The zero-order valence-corrected chi connectivity index (χ0v) is 17.6. The molecule has 1 aromatic heterocycles. The van der Waals surface area contributed by atoms with Crippen LogP contribution in [-0.4, -0.2) is 70.5 Å². The van der Waals surface area contributed by atoms with Gasteiger partial charge in [-0.1, -0.05) is 12.1 Å². The van der Waals surface area contributed by atoms with Crippen molar-refractivity contribution in [1.82, 2.24) is 19.8 Å². The maximum atomic E-state index is 12.9. The van der Waals surface area contributed by atoms with Crippen LogP contribution < -0.4 is 4.74 Å². The molecule has 5 rings (SSSR count). The summed E-state index contributed by atoms with van der Waals surface area (Å²) in [6, 6.07) is 10.1. The number of carbonyl (C=O) groups excluding carboxylic acids is 2. The Morgan fingerprint density at radius 2 is 1.94 bits per heavy atom. The summed E-state index contributed by atoms with van der Waals surface area (Å²) in [4.78, 5) is 36.7. The molecule has 3 aliphatic rings. The number of carbonyl (C=O) groups is 2. The van der Waals surface area contributed by atoms with E-state index in [1.807, 2.05) is 47.1 Å². The number of urea groups is 1. The maximum absolute atomic E-state index is 12.9. The van der Waals surface area contributed by atoms with Crippen molar-refractivity contribution in [1.29, 1.82) is 0 Å². The highest BCUT2D eigenvalue weighted by molar-refractivity contribution is 5.81. The third kappa shape index (κ3) is 4.25. The lowest BCUT2D eigenvalue weighted by Crippen LogP contribution is -2.58. The second-order valence-corrected chi connectivity index (χ2v) is 8.62. The van der Waals surface area contributed by atoms with Gasteiger partial charge in [0.25, 0.3) is 0 Å². The number of hydrogen-bond donors (Lipinski definition) is 0. The monoisotopic (exact) mass is 422 g/mol. The predicted molar refractivity (Wildman–Crippen MR) is 112 cm³/mol. The summed E-state index contributed by atoms with van der Waals surface area (Å²) in [6.07, 6.45) is 3.14. The molecule has 0 saturated carbocycles. The standard InChI is InChI=1S/C23H26N4O4/c1-15-6-8-24-22(25-15)31-20-4-2-16(3-5-20)18-12-27(13-18)23(29)26-9-7-21-17(11-26)10-19(28)14-30-21/h2-6,8,17-18,21H,7,9-14H2,1H3/t17-,21+/m1/s1. The number of aryl methyl sites for hydroxylation is 1. The van der Waals surface area contributed by atoms with Gasteiger partial charge in [0, 0.05) is 56.3 Å². The average Bonchev–Trinajstić information content (AvgIpc) is 2.73. The van der Waals surface area contributed by atoms with E-state index in [1.54, 1.807) is 6.20 Å². The van der Waals surface area contributed by atoms with Crippen LogP contribution in [0.3, 0.4) is 0 Å². The Balaban J connectivity index is 1.13. The molecule has 4 heterocycles. The Hall–Kier alpha value is -3.00. The second kappa shape index (κ2) is 8.26.